The van der Waals surface area contributed by atoms with Crippen molar-refractivity contribution in [1.29, 1.82) is 5.26 Å². The average molecular weight is 232 g/mol. The maximum atomic E-state index is 12.2. The molecule has 0 spiro atoms. The predicted octanol–water partition coefficient (Wildman–Crippen LogP) is 1.32. The Morgan fingerprint density at radius 1 is 1.24 bits per heavy atom. The Hall–Kier alpha value is -1.37. The van der Waals surface area contributed by atoms with Gasteiger partial charge in [0.2, 0.25) is 11.8 Å². The fourth-order valence-corrected chi connectivity index (χ4v) is 3.69. The minimum atomic E-state index is -0.150. The first kappa shape index (κ1) is 10.8. The van der Waals surface area contributed by atoms with Gasteiger partial charge in [-0.05, 0) is 24.7 Å². The quantitative estimate of drug-likeness (QED) is 0.640. The number of piperidine rings is 1. The van der Waals surface area contributed by atoms with Crippen molar-refractivity contribution < 1.29 is 9.59 Å². The average Bonchev–Trinajstić information content (AvgIpc) is 2.63. The van der Waals surface area contributed by atoms with E-state index in [1.54, 1.807) is 0 Å². The van der Waals surface area contributed by atoms with Crippen molar-refractivity contribution in [2.24, 2.45) is 23.2 Å². The van der Waals surface area contributed by atoms with Gasteiger partial charge in [0.25, 0.3) is 0 Å². The Bertz CT molecular complexity index is 425. The molecule has 2 aliphatic carbocycles. The molecule has 3 fully saturated rings. The zero-order chi connectivity index (χ0) is 12.4. The van der Waals surface area contributed by atoms with Gasteiger partial charge in [-0.15, -0.1) is 0 Å². The number of hydrogen-bond donors (Lipinski definition) is 0. The third-order valence-corrected chi connectivity index (χ3v) is 4.81. The Kier molecular flexibility index (Phi) is 1.96. The van der Waals surface area contributed by atoms with E-state index in [4.69, 9.17) is 5.26 Å². The lowest BCUT2D eigenvalue weighted by atomic mass is 10.0. The van der Waals surface area contributed by atoms with E-state index in [9.17, 15) is 9.59 Å². The smallest absolute Gasteiger partial charge is 0.233 e. The summed E-state index contributed by atoms with van der Waals surface area (Å²) >= 11 is 0. The summed E-state index contributed by atoms with van der Waals surface area (Å²) in [5.41, 5.74) is -0.147. The van der Waals surface area contributed by atoms with Crippen LogP contribution in [0.25, 0.3) is 0 Å². The largest absolute Gasteiger partial charge is 0.278 e. The van der Waals surface area contributed by atoms with Gasteiger partial charge in [0.05, 0.1) is 29.9 Å². The van der Waals surface area contributed by atoms with Crippen LogP contribution in [0, 0.1) is 34.5 Å². The lowest BCUT2D eigenvalue weighted by Gasteiger charge is -2.28. The van der Waals surface area contributed by atoms with Crippen molar-refractivity contribution in [3.63, 3.8) is 0 Å². The van der Waals surface area contributed by atoms with Crippen LogP contribution in [0.2, 0.25) is 0 Å². The lowest BCUT2D eigenvalue weighted by molar-refractivity contribution is -0.146. The molecule has 0 aromatic carbocycles. The highest BCUT2D eigenvalue weighted by molar-refractivity contribution is 6.10. The molecule has 1 saturated heterocycles. The van der Waals surface area contributed by atoms with Crippen LogP contribution in [0.5, 0.6) is 0 Å². The zero-order valence-corrected chi connectivity index (χ0v) is 10.1. The van der Waals surface area contributed by atoms with Crippen LogP contribution in [0.4, 0.5) is 0 Å². The third kappa shape index (κ3) is 1.17. The molecule has 0 aromatic heterocycles. The topological polar surface area (TPSA) is 61.2 Å². The number of nitrogens with zero attached hydrogens (tertiary/aromatic N) is 2. The molecule has 2 amide bonds. The van der Waals surface area contributed by atoms with Gasteiger partial charge in [0.15, 0.2) is 0 Å². The van der Waals surface area contributed by atoms with Crippen LogP contribution in [0.3, 0.4) is 0 Å². The van der Waals surface area contributed by atoms with Crippen molar-refractivity contribution in [3.05, 3.63) is 0 Å². The molecule has 0 N–H and O–H groups in total. The van der Waals surface area contributed by atoms with Crippen molar-refractivity contribution in [3.8, 4) is 6.07 Å². The number of carbonyl (C=O) groups excluding carboxylic acids is 2. The van der Waals surface area contributed by atoms with Crippen molar-refractivity contribution in [2.45, 2.75) is 39.2 Å². The molecular formula is C13H16N2O2. The van der Waals surface area contributed by atoms with E-state index in [0.29, 0.717) is 0 Å². The van der Waals surface area contributed by atoms with Crippen LogP contribution in [-0.2, 0) is 9.59 Å². The van der Waals surface area contributed by atoms with Gasteiger partial charge in [0.1, 0.15) is 0 Å². The summed E-state index contributed by atoms with van der Waals surface area (Å²) in [7, 11) is 0. The second-order valence-electron chi connectivity index (χ2n) is 6.06. The Morgan fingerprint density at radius 2 is 1.82 bits per heavy atom. The van der Waals surface area contributed by atoms with Gasteiger partial charge in [-0.2, -0.15) is 5.26 Å². The summed E-state index contributed by atoms with van der Waals surface area (Å²) in [6, 6.07) is 2.09. The standard InChI is InChI=1S/C13H16N2O2/c1-13(2)9-10(13)12(17)15(11(9)16)8-5-3-4-7(8)6-14/h7-10H,3-5H2,1-2H3. The highest BCUT2D eigenvalue weighted by atomic mass is 16.2. The Labute approximate surface area is 101 Å². The summed E-state index contributed by atoms with van der Waals surface area (Å²) in [6.07, 6.45) is 2.56. The van der Waals surface area contributed by atoms with Gasteiger partial charge in [-0.1, -0.05) is 13.8 Å². The first-order valence-corrected chi connectivity index (χ1v) is 6.26. The SMILES string of the molecule is CC1(C)C2C(=O)N(C3CCCC3C#N)C(=O)C21. The highest BCUT2D eigenvalue weighted by Crippen LogP contribution is 2.64. The maximum absolute atomic E-state index is 12.2. The zero-order valence-electron chi connectivity index (χ0n) is 10.1. The molecule has 4 atom stereocenters. The van der Waals surface area contributed by atoms with Crippen molar-refractivity contribution in [1.82, 2.24) is 4.90 Å². The van der Waals surface area contributed by atoms with E-state index in [-0.39, 0.29) is 41.0 Å². The molecule has 17 heavy (non-hydrogen) atoms. The maximum Gasteiger partial charge on any atom is 0.233 e. The van der Waals surface area contributed by atoms with Gasteiger partial charge in [-0.25, -0.2) is 0 Å². The van der Waals surface area contributed by atoms with E-state index in [0.717, 1.165) is 19.3 Å². The second kappa shape index (κ2) is 3.10. The number of imide groups is 1. The van der Waals surface area contributed by atoms with E-state index < -0.39 is 0 Å². The molecule has 90 valence electrons. The number of carbonyl (C=O) groups is 2. The molecule has 0 radical (unpaired) electrons. The van der Waals surface area contributed by atoms with Gasteiger partial charge < -0.3 is 0 Å². The number of rotatable bonds is 1. The normalized spacial score (nSPS) is 42.5. The van der Waals surface area contributed by atoms with Crippen molar-refractivity contribution >= 4 is 11.8 Å². The van der Waals surface area contributed by atoms with E-state index in [1.165, 1.54) is 4.90 Å². The summed E-state index contributed by atoms with van der Waals surface area (Å²) < 4.78 is 0. The summed E-state index contributed by atoms with van der Waals surface area (Å²) in [4.78, 5) is 25.9. The number of likely N-dealkylation sites (tertiary alicyclic amines) is 1. The molecule has 4 heteroatoms. The summed E-state index contributed by atoms with van der Waals surface area (Å²) in [6.45, 7) is 3.96. The van der Waals surface area contributed by atoms with Crippen LogP contribution in [-0.4, -0.2) is 22.8 Å². The minimum absolute atomic E-state index is 0.0304. The van der Waals surface area contributed by atoms with Crippen molar-refractivity contribution in [2.75, 3.05) is 0 Å². The molecule has 0 aromatic rings. The van der Waals surface area contributed by atoms with Crippen LogP contribution in [0.1, 0.15) is 33.1 Å². The lowest BCUT2D eigenvalue weighted by Crippen LogP contribution is -2.45. The van der Waals surface area contributed by atoms with Crippen LogP contribution < -0.4 is 0 Å². The van der Waals surface area contributed by atoms with E-state index >= 15 is 0 Å². The molecular weight excluding hydrogens is 216 g/mol. The molecule has 1 heterocycles. The minimum Gasteiger partial charge on any atom is -0.278 e. The second-order valence-corrected chi connectivity index (χ2v) is 6.06. The number of hydrogen-bond acceptors (Lipinski definition) is 3. The Balaban J connectivity index is 1.86. The number of nitriles is 1. The van der Waals surface area contributed by atoms with Crippen LogP contribution in [0.15, 0.2) is 0 Å². The molecule has 3 aliphatic rings. The molecule has 2 saturated carbocycles. The van der Waals surface area contributed by atoms with E-state index in [1.807, 2.05) is 13.8 Å². The fraction of sp³-hybridized carbons (Fsp3) is 0.769. The third-order valence-electron chi connectivity index (χ3n) is 4.81. The summed E-state index contributed by atoms with van der Waals surface area (Å²) in [5, 5.41) is 9.05. The van der Waals surface area contributed by atoms with E-state index in [2.05, 4.69) is 6.07 Å². The first-order valence-electron chi connectivity index (χ1n) is 6.26. The van der Waals surface area contributed by atoms with Gasteiger partial charge >= 0.3 is 0 Å². The molecule has 1 aliphatic heterocycles. The van der Waals surface area contributed by atoms with Gasteiger partial charge in [0, 0.05) is 0 Å². The predicted molar refractivity (Wildman–Crippen MR) is 59.4 cm³/mol. The first-order chi connectivity index (χ1) is 8.00. The van der Waals surface area contributed by atoms with Gasteiger partial charge in [-0.3, -0.25) is 14.5 Å². The highest BCUT2D eigenvalue weighted by Gasteiger charge is 2.73. The fourth-order valence-electron chi connectivity index (χ4n) is 3.69. The number of fused-ring (bicyclic) bond motifs is 1. The van der Waals surface area contributed by atoms with Crippen LogP contribution >= 0.6 is 0 Å². The Morgan fingerprint density at radius 3 is 2.35 bits per heavy atom. The molecule has 0 bridgehead atoms. The number of amides is 2. The molecule has 3 rings (SSSR count). The summed E-state index contributed by atoms with van der Waals surface area (Å²) in [5.74, 6) is -0.442. The molecule has 4 nitrogen and oxygen atoms in total. The monoisotopic (exact) mass is 232 g/mol. The molecule has 4 unspecified atom stereocenters.